The first-order valence-electron chi connectivity index (χ1n) is 6.57. The predicted octanol–water partition coefficient (Wildman–Crippen LogP) is 3.27. The number of hydrogen-bond acceptors (Lipinski definition) is 4. The summed E-state index contributed by atoms with van der Waals surface area (Å²) in [5.74, 6) is 0.152. The molecule has 3 aromatic rings. The van der Waals surface area contributed by atoms with E-state index in [-0.39, 0.29) is 11.2 Å². The number of furan rings is 2. The molecule has 4 heteroatoms. The largest absolute Gasteiger partial charge is 0.504 e. The van der Waals surface area contributed by atoms with Crippen LogP contribution in [0.4, 0.5) is 0 Å². The maximum absolute atomic E-state index is 10.3. The van der Waals surface area contributed by atoms with Crippen LogP contribution >= 0.6 is 0 Å². The Balaban J connectivity index is 2.19. The molecular weight excluding hydrogens is 242 g/mol. The van der Waals surface area contributed by atoms with Crippen molar-refractivity contribution in [2.24, 2.45) is 5.73 Å². The van der Waals surface area contributed by atoms with Crippen LogP contribution in [0.3, 0.4) is 0 Å². The fourth-order valence-corrected chi connectivity index (χ4v) is 3.31. The number of nitrogens with two attached hydrogens (primary N) is 1. The second-order valence-corrected chi connectivity index (χ2v) is 5.39. The number of rotatable bonds is 2. The number of benzene rings is 1. The molecule has 2 heterocycles. The molecule has 1 saturated carbocycles. The van der Waals surface area contributed by atoms with Gasteiger partial charge in [0.1, 0.15) is 5.58 Å². The molecule has 4 nitrogen and oxygen atoms in total. The Kier molecular flexibility index (Phi) is 2.04. The van der Waals surface area contributed by atoms with E-state index in [2.05, 4.69) is 0 Å². The third kappa shape index (κ3) is 1.22. The zero-order valence-corrected chi connectivity index (χ0v) is 10.5. The maximum Gasteiger partial charge on any atom is 0.176 e. The zero-order chi connectivity index (χ0) is 13.0. The molecule has 1 aliphatic carbocycles. The van der Waals surface area contributed by atoms with Crippen molar-refractivity contribution in [2.75, 3.05) is 6.54 Å². The van der Waals surface area contributed by atoms with E-state index in [1.807, 2.05) is 6.07 Å². The summed E-state index contributed by atoms with van der Waals surface area (Å²) < 4.78 is 11.1. The van der Waals surface area contributed by atoms with Gasteiger partial charge in [-0.25, -0.2) is 0 Å². The van der Waals surface area contributed by atoms with Crippen molar-refractivity contribution >= 4 is 21.9 Å². The molecule has 0 aliphatic heterocycles. The zero-order valence-electron chi connectivity index (χ0n) is 10.5. The second kappa shape index (κ2) is 3.54. The molecule has 0 amide bonds. The van der Waals surface area contributed by atoms with E-state index in [0.29, 0.717) is 17.5 Å². The Morgan fingerprint density at radius 1 is 1.11 bits per heavy atom. The standard InChI is InChI=1S/C15H15NO3/c16-8-15(4-1-5-15)11-9-2-6-19-14(9)12(17)10-3-7-18-13(10)11/h2-3,6-7,17H,1,4-5,8,16H2. The quantitative estimate of drug-likeness (QED) is 0.739. The SMILES string of the molecule is NCC1(c2c3ccoc3c(O)c3ccoc23)CCC1. The van der Waals surface area contributed by atoms with Gasteiger partial charge in [0.25, 0.3) is 0 Å². The van der Waals surface area contributed by atoms with Gasteiger partial charge in [-0.3, -0.25) is 0 Å². The summed E-state index contributed by atoms with van der Waals surface area (Å²) in [5.41, 5.74) is 8.37. The molecule has 1 aromatic carbocycles. The predicted molar refractivity (Wildman–Crippen MR) is 72.2 cm³/mol. The minimum absolute atomic E-state index is 0.0358. The third-order valence-electron chi connectivity index (χ3n) is 4.53. The highest BCUT2D eigenvalue weighted by Crippen LogP contribution is 2.50. The van der Waals surface area contributed by atoms with Crippen molar-refractivity contribution in [3.05, 3.63) is 30.2 Å². The van der Waals surface area contributed by atoms with E-state index in [0.717, 1.165) is 29.4 Å². The fraction of sp³-hybridized carbons (Fsp3) is 0.333. The van der Waals surface area contributed by atoms with Crippen LogP contribution in [0, 0.1) is 0 Å². The molecule has 1 fully saturated rings. The minimum Gasteiger partial charge on any atom is -0.504 e. The number of fused-ring (bicyclic) bond motifs is 2. The lowest BCUT2D eigenvalue weighted by Crippen LogP contribution is -2.41. The molecule has 98 valence electrons. The van der Waals surface area contributed by atoms with Crippen LogP contribution in [0.15, 0.2) is 33.5 Å². The van der Waals surface area contributed by atoms with Crippen LogP contribution in [0.2, 0.25) is 0 Å². The average molecular weight is 257 g/mol. The van der Waals surface area contributed by atoms with Crippen molar-refractivity contribution in [3.63, 3.8) is 0 Å². The molecule has 19 heavy (non-hydrogen) atoms. The highest BCUT2D eigenvalue weighted by molar-refractivity contribution is 6.04. The van der Waals surface area contributed by atoms with E-state index in [9.17, 15) is 5.11 Å². The van der Waals surface area contributed by atoms with Gasteiger partial charge in [0, 0.05) is 22.9 Å². The third-order valence-corrected chi connectivity index (χ3v) is 4.53. The van der Waals surface area contributed by atoms with E-state index >= 15 is 0 Å². The highest BCUT2D eigenvalue weighted by atomic mass is 16.4. The van der Waals surface area contributed by atoms with Crippen molar-refractivity contribution in [1.29, 1.82) is 0 Å². The lowest BCUT2D eigenvalue weighted by molar-refractivity contribution is 0.255. The molecule has 0 spiro atoms. The molecule has 3 N–H and O–H groups in total. The molecule has 1 aliphatic rings. The Hall–Kier alpha value is -1.94. The highest BCUT2D eigenvalue weighted by Gasteiger charge is 2.41. The molecule has 4 rings (SSSR count). The first-order chi connectivity index (χ1) is 9.27. The normalized spacial score (nSPS) is 17.9. The number of hydrogen-bond donors (Lipinski definition) is 2. The van der Waals surface area contributed by atoms with Gasteiger partial charge in [-0.15, -0.1) is 0 Å². The van der Waals surface area contributed by atoms with Crippen LogP contribution in [-0.2, 0) is 5.41 Å². The van der Waals surface area contributed by atoms with E-state index in [1.165, 1.54) is 6.42 Å². The van der Waals surface area contributed by atoms with E-state index in [1.54, 1.807) is 18.6 Å². The topological polar surface area (TPSA) is 72.5 Å². The molecule has 0 atom stereocenters. The van der Waals surface area contributed by atoms with Gasteiger partial charge < -0.3 is 19.7 Å². The summed E-state index contributed by atoms with van der Waals surface area (Å²) in [6.07, 6.45) is 6.51. The summed E-state index contributed by atoms with van der Waals surface area (Å²) in [5, 5.41) is 11.9. The van der Waals surface area contributed by atoms with Crippen LogP contribution in [-0.4, -0.2) is 11.7 Å². The Labute approximate surface area is 109 Å². The summed E-state index contributed by atoms with van der Waals surface area (Å²) in [6.45, 7) is 0.591. The van der Waals surface area contributed by atoms with Gasteiger partial charge >= 0.3 is 0 Å². The summed E-state index contributed by atoms with van der Waals surface area (Å²) >= 11 is 0. The lowest BCUT2D eigenvalue weighted by Gasteiger charge is -2.41. The van der Waals surface area contributed by atoms with Gasteiger partial charge in [0.15, 0.2) is 11.3 Å². The van der Waals surface area contributed by atoms with Crippen LogP contribution in [0.1, 0.15) is 24.8 Å². The molecular formula is C15H15NO3. The van der Waals surface area contributed by atoms with Crippen LogP contribution in [0.25, 0.3) is 21.9 Å². The lowest BCUT2D eigenvalue weighted by atomic mass is 9.63. The molecule has 0 bridgehead atoms. The fourth-order valence-electron chi connectivity index (χ4n) is 3.31. The Bertz CT molecular complexity index is 707. The smallest absolute Gasteiger partial charge is 0.176 e. The van der Waals surface area contributed by atoms with Gasteiger partial charge in [0.05, 0.1) is 17.9 Å². The molecule has 0 saturated heterocycles. The monoisotopic (exact) mass is 257 g/mol. The van der Waals surface area contributed by atoms with Crippen molar-refractivity contribution in [2.45, 2.75) is 24.7 Å². The van der Waals surface area contributed by atoms with E-state index < -0.39 is 0 Å². The van der Waals surface area contributed by atoms with Gasteiger partial charge in [0.2, 0.25) is 0 Å². The van der Waals surface area contributed by atoms with Gasteiger partial charge in [-0.2, -0.15) is 0 Å². The van der Waals surface area contributed by atoms with Crippen LogP contribution < -0.4 is 5.73 Å². The average Bonchev–Trinajstić information content (AvgIpc) is 3.01. The second-order valence-electron chi connectivity index (χ2n) is 5.39. The first kappa shape index (κ1) is 10.9. The van der Waals surface area contributed by atoms with Gasteiger partial charge in [-0.05, 0) is 25.0 Å². The number of phenolic OH excluding ortho intramolecular Hbond substituents is 1. The van der Waals surface area contributed by atoms with Crippen molar-refractivity contribution < 1.29 is 13.9 Å². The number of phenols is 1. The van der Waals surface area contributed by atoms with Crippen LogP contribution in [0.5, 0.6) is 5.75 Å². The van der Waals surface area contributed by atoms with Crippen molar-refractivity contribution in [1.82, 2.24) is 0 Å². The summed E-state index contributed by atoms with van der Waals surface area (Å²) in [7, 11) is 0. The minimum atomic E-state index is -0.0358. The first-order valence-corrected chi connectivity index (χ1v) is 6.57. The Morgan fingerprint density at radius 2 is 1.79 bits per heavy atom. The number of aromatic hydroxyl groups is 1. The van der Waals surface area contributed by atoms with E-state index in [4.69, 9.17) is 14.6 Å². The van der Waals surface area contributed by atoms with Crippen molar-refractivity contribution in [3.8, 4) is 5.75 Å². The molecule has 0 unspecified atom stereocenters. The molecule has 2 aromatic heterocycles. The molecule has 0 radical (unpaired) electrons. The summed E-state index contributed by atoms with van der Waals surface area (Å²) in [6, 6.07) is 3.67. The van der Waals surface area contributed by atoms with Gasteiger partial charge in [-0.1, -0.05) is 6.42 Å². The maximum atomic E-state index is 10.3. The summed E-state index contributed by atoms with van der Waals surface area (Å²) in [4.78, 5) is 0. The Morgan fingerprint density at radius 3 is 2.42 bits per heavy atom.